The molecule has 5 nitrogen and oxygen atoms in total. The highest BCUT2D eigenvalue weighted by Gasteiger charge is 2.29. The normalized spacial score (nSPS) is 16.3. The third-order valence-corrected chi connectivity index (χ3v) is 6.35. The van der Waals surface area contributed by atoms with Crippen LogP contribution in [0.3, 0.4) is 0 Å². The summed E-state index contributed by atoms with van der Waals surface area (Å²) in [6.07, 6.45) is 5.97. The minimum absolute atomic E-state index is 0.167. The van der Waals surface area contributed by atoms with Gasteiger partial charge in [-0.2, -0.15) is 0 Å². The largest absolute Gasteiger partial charge is 0.411 e. The SMILES string of the molecule is CCN(C(=O)[C@@H](C)Sc1nnc(-c2ccc(C)c(C)c2)o1)C1CCCCC1. The Morgan fingerprint density at radius 3 is 2.63 bits per heavy atom. The van der Waals surface area contributed by atoms with Crippen molar-refractivity contribution < 1.29 is 9.21 Å². The lowest BCUT2D eigenvalue weighted by atomic mass is 9.94. The number of benzene rings is 1. The molecule has 27 heavy (non-hydrogen) atoms. The summed E-state index contributed by atoms with van der Waals surface area (Å²) in [7, 11) is 0. The molecule has 6 heteroatoms. The van der Waals surface area contributed by atoms with E-state index in [0.29, 0.717) is 17.2 Å². The maximum atomic E-state index is 13.0. The Morgan fingerprint density at radius 2 is 1.96 bits per heavy atom. The van der Waals surface area contributed by atoms with Gasteiger partial charge in [0.2, 0.25) is 11.8 Å². The third-order valence-electron chi connectivity index (χ3n) is 5.42. The van der Waals surface area contributed by atoms with Gasteiger partial charge < -0.3 is 9.32 Å². The zero-order chi connectivity index (χ0) is 19.4. The molecule has 1 atom stereocenters. The van der Waals surface area contributed by atoms with Crippen LogP contribution in [0.4, 0.5) is 0 Å². The van der Waals surface area contributed by atoms with Gasteiger partial charge in [0.1, 0.15) is 0 Å². The Balaban J connectivity index is 1.66. The molecule has 0 saturated heterocycles. The lowest BCUT2D eigenvalue weighted by Crippen LogP contribution is -2.44. The highest BCUT2D eigenvalue weighted by Crippen LogP contribution is 2.30. The van der Waals surface area contributed by atoms with Gasteiger partial charge in [-0.05, 0) is 63.8 Å². The minimum atomic E-state index is -0.236. The number of nitrogens with zero attached hydrogens (tertiary/aromatic N) is 3. The van der Waals surface area contributed by atoms with Crippen LogP contribution >= 0.6 is 11.8 Å². The van der Waals surface area contributed by atoms with Gasteiger partial charge >= 0.3 is 0 Å². The number of aromatic nitrogens is 2. The molecular weight excluding hydrogens is 358 g/mol. The quantitative estimate of drug-likeness (QED) is 0.652. The third kappa shape index (κ3) is 4.72. The average Bonchev–Trinajstić information content (AvgIpc) is 3.14. The molecule has 3 rings (SSSR count). The van der Waals surface area contributed by atoms with Crippen LogP contribution in [-0.2, 0) is 4.79 Å². The fourth-order valence-corrected chi connectivity index (χ4v) is 4.42. The Bertz CT molecular complexity index is 783. The molecule has 1 aromatic carbocycles. The first-order chi connectivity index (χ1) is 13.0. The number of carbonyl (C=O) groups is 1. The van der Waals surface area contributed by atoms with Gasteiger partial charge in [0.15, 0.2) is 0 Å². The summed E-state index contributed by atoms with van der Waals surface area (Å²) in [6.45, 7) is 8.89. The first-order valence-electron chi connectivity index (χ1n) is 9.88. The van der Waals surface area contributed by atoms with Crippen LogP contribution in [0.25, 0.3) is 11.5 Å². The van der Waals surface area contributed by atoms with Gasteiger partial charge in [0.05, 0.1) is 5.25 Å². The predicted octanol–water partition coefficient (Wildman–Crippen LogP) is 5.02. The molecule has 1 aliphatic rings. The fraction of sp³-hybridized carbons (Fsp3) is 0.571. The molecule has 1 saturated carbocycles. The number of rotatable bonds is 6. The maximum absolute atomic E-state index is 13.0. The summed E-state index contributed by atoms with van der Waals surface area (Å²) in [5.74, 6) is 0.667. The first kappa shape index (κ1) is 19.9. The summed E-state index contributed by atoms with van der Waals surface area (Å²) >= 11 is 1.35. The second-order valence-corrected chi connectivity index (χ2v) is 8.64. The van der Waals surface area contributed by atoms with E-state index in [9.17, 15) is 4.79 Å². The standard InChI is InChI=1S/C21H29N3O2S/c1-5-24(18-9-7-6-8-10-18)20(25)16(4)27-21-23-22-19(26-21)17-12-11-14(2)15(3)13-17/h11-13,16,18H,5-10H2,1-4H3/t16-/m1/s1. The Morgan fingerprint density at radius 1 is 1.22 bits per heavy atom. The van der Waals surface area contributed by atoms with E-state index in [1.165, 1.54) is 42.2 Å². The number of thioether (sulfide) groups is 1. The summed E-state index contributed by atoms with van der Waals surface area (Å²) in [5, 5.41) is 8.51. The topological polar surface area (TPSA) is 59.2 Å². The van der Waals surface area contributed by atoms with Crippen LogP contribution in [0.15, 0.2) is 27.8 Å². The van der Waals surface area contributed by atoms with E-state index in [4.69, 9.17) is 4.42 Å². The zero-order valence-electron chi connectivity index (χ0n) is 16.7. The molecule has 1 amide bonds. The molecule has 1 fully saturated rings. The molecule has 0 aliphatic heterocycles. The van der Waals surface area contributed by atoms with Gasteiger partial charge in [0, 0.05) is 18.2 Å². The van der Waals surface area contributed by atoms with Crippen LogP contribution in [0.1, 0.15) is 57.1 Å². The summed E-state index contributed by atoms with van der Waals surface area (Å²) in [6, 6.07) is 6.47. The van der Waals surface area contributed by atoms with Crippen molar-refractivity contribution in [2.75, 3.05) is 6.54 Å². The van der Waals surface area contributed by atoms with Gasteiger partial charge in [-0.1, -0.05) is 37.1 Å². The number of amides is 1. The van der Waals surface area contributed by atoms with Crippen LogP contribution < -0.4 is 0 Å². The molecule has 0 N–H and O–H groups in total. The molecule has 1 aromatic heterocycles. The molecule has 0 radical (unpaired) electrons. The summed E-state index contributed by atoms with van der Waals surface area (Å²) in [4.78, 5) is 15.0. The Labute approximate surface area is 165 Å². The van der Waals surface area contributed by atoms with Crippen LogP contribution in [0.5, 0.6) is 0 Å². The van der Waals surface area contributed by atoms with E-state index < -0.39 is 0 Å². The van der Waals surface area contributed by atoms with E-state index in [1.54, 1.807) is 0 Å². The highest BCUT2D eigenvalue weighted by atomic mass is 32.2. The molecular formula is C21H29N3O2S. The molecule has 2 aromatic rings. The molecule has 0 spiro atoms. The van der Waals surface area contributed by atoms with Gasteiger partial charge in [0.25, 0.3) is 5.22 Å². The van der Waals surface area contributed by atoms with Crippen molar-refractivity contribution in [1.29, 1.82) is 0 Å². The van der Waals surface area contributed by atoms with Crippen LogP contribution in [-0.4, -0.2) is 38.8 Å². The summed E-state index contributed by atoms with van der Waals surface area (Å²) in [5.41, 5.74) is 3.33. The highest BCUT2D eigenvalue weighted by molar-refractivity contribution is 8.00. The monoisotopic (exact) mass is 387 g/mol. The lowest BCUT2D eigenvalue weighted by molar-refractivity contribution is -0.133. The van der Waals surface area contributed by atoms with Crippen molar-refractivity contribution in [1.82, 2.24) is 15.1 Å². The lowest BCUT2D eigenvalue weighted by Gasteiger charge is -2.34. The summed E-state index contributed by atoms with van der Waals surface area (Å²) < 4.78 is 5.81. The average molecular weight is 388 g/mol. The van der Waals surface area contributed by atoms with E-state index in [2.05, 4.69) is 37.0 Å². The van der Waals surface area contributed by atoms with E-state index in [-0.39, 0.29) is 11.2 Å². The van der Waals surface area contributed by atoms with Crippen LogP contribution in [0, 0.1) is 13.8 Å². The fourth-order valence-electron chi connectivity index (χ4n) is 3.67. The number of hydrogen-bond donors (Lipinski definition) is 0. The number of hydrogen-bond acceptors (Lipinski definition) is 5. The predicted molar refractivity (Wildman–Crippen MR) is 109 cm³/mol. The molecule has 146 valence electrons. The Kier molecular flexibility index (Phi) is 6.58. The minimum Gasteiger partial charge on any atom is -0.411 e. The molecule has 1 heterocycles. The molecule has 0 unspecified atom stereocenters. The second kappa shape index (κ2) is 8.91. The van der Waals surface area contributed by atoms with Crippen molar-refractivity contribution in [2.45, 2.75) is 76.3 Å². The first-order valence-corrected chi connectivity index (χ1v) is 10.8. The van der Waals surface area contributed by atoms with Crippen molar-refractivity contribution in [3.05, 3.63) is 29.3 Å². The van der Waals surface area contributed by atoms with Gasteiger partial charge in [-0.15, -0.1) is 10.2 Å². The maximum Gasteiger partial charge on any atom is 0.277 e. The smallest absolute Gasteiger partial charge is 0.277 e. The van der Waals surface area contributed by atoms with E-state index in [1.807, 2.05) is 24.0 Å². The Hall–Kier alpha value is -1.82. The van der Waals surface area contributed by atoms with Crippen molar-refractivity contribution in [2.24, 2.45) is 0 Å². The van der Waals surface area contributed by atoms with Gasteiger partial charge in [-0.3, -0.25) is 4.79 Å². The van der Waals surface area contributed by atoms with Crippen molar-refractivity contribution in [3.63, 3.8) is 0 Å². The van der Waals surface area contributed by atoms with Gasteiger partial charge in [-0.25, -0.2) is 0 Å². The number of aryl methyl sites for hydroxylation is 2. The second-order valence-electron chi connectivity index (χ2n) is 7.35. The number of carbonyl (C=O) groups excluding carboxylic acids is 1. The van der Waals surface area contributed by atoms with Crippen molar-refractivity contribution in [3.8, 4) is 11.5 Å². The zero-order valence-corrected chi connectivity index (χ0v) is 17.5. The van der Waals surface area contributed by atoms with Crippen molar-refractivity contribution >= 4 is 17.7 Å². The molecule has 0 bridgehead atoms. The van der Waals surface area contributed by atoms with E-state index in [0.717, 1.165) is 24.9 Å². The van der Waals surface area contributed by atoms with Crippen LogP contribution in [0.2, 0.25) is 0 Å². The molecule has 1 aliphatic carbocycles. The van der Waals surface area contributed by atoms with E-state index >= 15 is 0 Å².